The fraction of sp³-hybridized carbons (Fsp3) is 0.150. The number of rotatable bonds is 5. The minimum absolute atomic E-state index is 0.147. The first kappa shape index (κ1) is 20.4. The van der Waals surface area contributed by atoms with E-state index < -0.39 is 17.8 Å². The fourth-order valence-electron chi connectivity index (χ4n) is 2.82. The summed E-state index contributed by atoms with van der Waals surface area (Å²) in [5, 5.41) is 2.18. The maximum Gasteiger partial charge on any atom is 0.336 e. The molecule has 1 N–H and O–H groups in total. The van der Waals surface area contributed by atoms with Crippen LogP contribution in [0, 0.1) is 0 Å². The number of nitrogens with one attached hydrogen (secondary N) is 1. The van der Waals surface area contributed by atoms with Crippen molar-refractivity contribution in [2.75, 3.05) is 26.2 Å². The van der Waals surface area contributed by atoms with Crippen molar-refractivity contribution in [2.45, 2.75) is 0 Å². The third-order valence-electron chi connectivity index (χ3n) is 4.22. The normalized spacial score (nSPS) is 15.4. The van der Waals surface area contributed by atoms with Crippen molar-refractivity contribution in [3.8, 4) is 17.2 Å². The van der Waals surface area contributed by atoms with Crippen LogP contribution in [0.3, 0.4) is 0 Å². The number of methoxy groups -OCH3 is 3. The zero-order valence-electron chi connectivity index (χ0n) is 15.8. The average Bonchev–Trinajstić information content (AvgIpc) is 2.71. The molecule has 8 nitrogen and oxygen atoms in total. The number of imide groups is 2. The molecule has 2 aromatic carbocycles. The van der Waals surface area contributed by atoms with Gasteiger partial charge in [-0.15, -0.1) is 0 Å². The maximum absolute atomic E-state index is 13.1. The van der Waals surface area contributed by atoms with Gasteiger partial charge in [0.1, 0.15) is 22.8 Å². The predicted octanol–water partition coefficient (Wildman–Crippen LogP) is 3.14. The Balaban J connectivity index is 2.12. The molecule has 0 aromatic heterocycles. The van der Waals surface area contributed by atoms with Crippen LogP contribution < -0.4 is 24.4 Å². The summed E-state index contributed by atoms with van der Waals surface area (Å²) in [6.07, 6.45) is 1.37. The number of urea groups is 1. The van der Waals surface area contributed by atoms with E-state index in [-0.39, 0.29) is 17.0 Å². The Morgan fingerprint density at radius 1 is 0.931 bits per heavy atom. The lowest BCUT2D eigenvalue weighted by atomic mass is 10.1. The summed E-state index contributed by atoms with van der Waals surface area (Å²) < 4.78 is 16.5. The molecule has 0 aliphatic carbocycles. The first-order valence-corrected chi connectivity index (χ1v) is 9.16. The highest BCUT2D eigenvalue weighted by Gasteiger charge is 2.38. The number of barbiturate groups is 1. The number of carbonyl (C=O) groups excluding carboxylic acids is 3. The van der Waals surface area contributed by atoms with Gasteiger partial charge in [0.25, 0.3) is 11.8 Å². The molecule has 2 aromatic rings. The van der Waals surface area contributed by atoms with Gasteiger partial charge in [-0.2, -0.15) is 0 Å². The second-order valence-corrected chi connectivity index (χ2v) is 6.80. The van der Waals surface area contributed by atoms with Gasteiger partial charge in [-0.25, -0.2) is 9.69 Å². The third-order valence-corrected chi connectivity index (χ3v) is 4.71. The molecule has 4 amide bonds. The number of benzene rings is 2. The van der Waals surface area contributed by atoms with E-state index in [0.717, 1.165) is 9.37 Å². The highest BCUT2D eigenvalue weighted by atomic mass is 79.9. The van der Waals surface area contributed by atoms with Gasteiger partial charge in [-0.05, 0) is 36.4 Å². The number of carbonyl (C=O) groups is 3. The summed E-state index contributed by atoms with van der Waals surface area (Å²) in [6, 6.07) is 8.93. The van der Waals surface area contributed by atoms with Crippen molar-refractivity contribution >= 4 is 45.5 Å². The van der Waals surface area contributed by atoms with Gasteiger partial charge in [0, 0.05) is 16.1 Å². The first-order chi connectivity index (χ1) is 13.9. The smallest absolute Gasteiger partial charge is 0.336 e. The summed E-state index contributed by atoms with van der Waals surface area (Å²) in [5.74, 6) is -0.461. The van der Waals surface area contributed by atoms with Crippen molar-refractivity contribution in [3.63, 3.8) is 0 Å². The van der Waals surface area contributed by atoms with E-state index in [1.54, 1.807) is 30.3 Å². The molecule has 0 saturated carbocycles. The molecule has 1 aliphatic heterocycles. The van der Waals surface area contributed by atoms with Gasteiger partial charge in [0.2, 0.25) is 0 Å². The number of amides is 4. The standard InChI is InChI=1S/C20H17BrN2O6/c1-27-13-5-7-17(29-3)15(10-13)23-19(25)14(18(24)22-20(23)26)9-11-8-12(21)4-6-16(11)28-2/h4-10H,1-3H3,(H,22,24,26)/b14-9-. The van der Waals surface area contributed by atoms with Crippen LogP contribution in [0.2, 0.25) is 0 Å². The van der Waals surface area contributed by atoms with Crippen LogP contribution in [0.15, 0.2) is 46.4 Å². The highest BCUT2D eigenvalue weighted by Crippen LogP contribution is 2.35. The lowest BCUT2D eigenvalue weighted by Gasteiger charge is -2.27. The molecule has 0 radical (unpaired) electrons. The van der Waals surface area contributed by atoms with E-state index in [9.17, 15) is 14.4 Å². The molecule has 3 rings (SSSR count). The van der Waals surface area contributed by atoms with E-state index in [0.29, 0.717) is 17.1 Å². The Bertz CT molecular complexity index is 1030. The molecule has 1 saturated heterocycles. The summed E-state index contributed by atoms with van der Waals surface area (Å²) in [7, 11) is 4.34. The molecule has 0 spiro atoms. The van der Waals surface area contributed by atoms with E-state index >= 15 is 0 Å². The first-order valence-electron chi connectivity index (χ1n) is 8.36. The molecule has 0 unspecified atom stereocenters. The summed E-state index contributed by atoms with van der Waals surface area (Å²) in [5.41, 5.74) is 0.409. The molecule has 1 fully saturated rings. The van der Waals surface area contributed by atoms with Crippen molar-refractivity contribution in [1.29, 1.82) is 0 Å². The van der Waals surface area contributed by atoms with Crippen molar-refractivity contribution in [3.05, 3.63) is 52.0 Å². The molecular formula is C20H17BrN2O6. The molecule has 0 atom stereocenters. The number of hydrogen-bond acceptors (Lipinski definition) is 6. The average molecular weight is 461 g/mol. The van der Waals surface area contributed by atoms with E-state index in [2.05, 4.69) is 21.2 Å². The highest BCUT2D eigenvalue weighted by molar-refractivity contribution is 9.10. The van der Waals surface area contributed by atoms with E-state index in [1.165, 1.54) is 33.5 Å². The quantitative estimate of drug-likeness (QED) is 0.543. The van der Waals surface area contributed by atoms with Gasteiger partial charge >= 0.3 is 6.03 Å². The zero-order chi connectivity index (χ0) is 21.1. The van der Waals surface area contributed by atoms with Crippen molar-refractivity contribution in [2.24, 2.45) is 0 Å². The number of halogens is 1. The number of hydrogen-bond donors (Lipinski definition) is 1. The Labute approximate surface area is 175 Å². The third kappa shape index (κ3) is 3.95. The monoisotopic (exact) mass is 460 g/mol. The van der Waals surface area contributed by atoms with Crippen LogP contribution >= 0.6 is 15.9 Å². The summed E-state index contributed by atoms with van der Waals surface area (Å²) in [4.78, 5) is 38.8. The Kier molecular flexibility index (Phi) is 5.88. The fourth-order valence-corrected chi connectivity index (χ4v) is 3.20. The topological polar surface area (TPSA) is 94.2 Å². The zero-order valence-corrected chi connectivity index (χ0v) is 17.4. The second-order valence-electron chi connectivity index (χ2n) is 5.88. The second kappa shape index (κ2) is 8.36. The van der Waals surface area contributed by atoms with Gasteiger partial charge in [0.05, 0.1) is 27.0 Å². The number of ether oxygens (including phenoxy) is 3. The van der Waals surface area contributed by atoms with Gasteiger partial charge < -0.3 is 14.2 Å². The van der Waals surface area contributed by atoms with Crippen LogP contribution in [-0.2, 0) is 9.59 Å². The molecule has 29 heavy (non-hydrogen) atoms. The van der Waals surface area contributed by atoms with Crippen LogP contribution in [-0.4, -0.2) is 39.2 Å². The van der Waals surface area contributed by atoms with Crippen molar-refractivity contribution < 1.29 is 28.6 Å². The molecular weight excluding hydrogens is 444 g/mol. The van der Waals surface area contributed by atoms with Crippen molar-refractivity contribution in [1.82, 2.24) is 5.32 Å². The van der Waals surface area contributed by atoms with Gasteiger partial charge in [-0.1, -0.05) is 15.9 Å². The van der Waals surface area contributed by atoms with Crippen LogP contribution in [0.25, 0.3) is 6.08 Å². The van der Waals surface area contributed by atoms with Gasteiger partial charge in [0.15, 0.2) is 0 Å². The van der Waals surface area contributed by atoms with Crippen LogP contribution in [0.5, 0.6) is 17.2 Å². The molecule has 1 aliphatic rings. The predicted molar refractivity (Wildman–Crippen MR) is 109 cm³/mol. The number of anilines is 1. The maximum atomic E-state index is 13.1. The van der Waals surface area contributed by atoms with Crippen LogP contribution in [0.1, 0.15) is 5.56 Å². The largest absolute Gasteiger partial charge is 0.497 e. The number of nitrogens with zero attached hydrogens (tertiary/aromatic N) is 1. The Morgan fingerprint density at radius 3 is 2.28 bits per heavy atom. The molecule has 9 heteroatoms. The van der Waals surface area contributed by atoms with E-state index in [1.807, 2.05) is 0 Å². The Hall–Kier alpha value is -3.33. The lowest BCUT2D eigenvalue weighted by molar-refractivity contribution is -0.122. The minimum Gasteiger partial charge on any atom is -0.497 e. The molecule has 150 valence electrons. The van der Waals surface area contributed by atoms with Crippen LogP contribution in [0.4, 0.5) is 10.5 Å². The SMILES string of the molecule is COc1ccc(OC)c(N2C(=O)NC(=O)/C(=C/c3cc(Br)ccc3OC)C2=O)c1. The molecule has 1 heterocycles. The summed E-state index contributed by atoms with van der Waals surface area (Å²) in [6.45, 7) is 0. The molecule has 0 bridgehead atoms. The minimum atomic E-state index is -0.884. The van der Waals surface area contributed by atoms with Gasteiger partial charge in [-0.3, -0.25) is 14.9 Å². The Morgan fingerprint density at radius 2 is 1.62 bits per heavy atom. The van der Waals surface area contributed by atoms with E-state index in [4.69, 9.17) is 14.2 Å². The summed E-state index contributed by atoms with van der Waals surface area (Å²) >= 11 is 3.35. The lowest BCUT2D eigenvalue weighted by Crippen LogP contribution is -2.54.